The average molecular weight is 231 g/mol. The summed E-state index contributed by atoms with van der Waals surface area (Å²) in [7, 11) is 0. The second-order valence-electron chi connectivity index (χ2n) is 3.93. The molecule has 5 nitrogen and oxygen atoms in total. The zero-order chi connectivity index (χ0) is 11.9. The van der Waals surface area contributed by atoms with Crippen molar-refractivity contribution >= 4 is 0 Å². The Kier molecular flexibility index (Phi) is 4.21. The van der Waals surface area contributed by atoms with E-state index in [1.807, 2.05) is 23.0 Å². The summed E-state index contributed by atoms with van der Waals surface area (Å²) < 4.78 is 1.97. The van der Waals surface area contributed by atoms with Crippen LogP contribution in [0.5, 0.6) is 0 Å². The topological polar surface area (TPSA) is 55.6 Å². The number of rotatable bonds is 6. The van der Waals surface area contributed by atoms with Gasteiger partial charge in [-0.15, -0.1) is 0 Å². The van der Waals surface area contributed by atoms with E-state index in [9.17, 15) is 0 Å². The summed E-state index contributed by atoms with van der Waals surface area (Å²) in [5, 5.41) is 15.4. The number of nitrogens with one attached hydrogen (secondary N) is 1. The minimum Gasteiger partial charge on any atom is -0.307 e. The maximum Gasteiger partial charge on any atom is 0.0769 e. The Hall–Kier alpha value is -1.75. The molecule has 0 spiro atoms. The van der Waals surface area contributed by atoms with Crippen LogP contribution in [0.4, 0.5) is 0 Å². The van der Waals surface area contributed by atoms with E-state index >= 15 is 0 Å². The van der Waals surface area contributed by atoms with Crippen molar-refractivity contribution in [3.8, 4) is 0 Å². The third-order valence-electron chi connectivity index (χ3n) is 2.40. The molecule has 0 aromatic carbocycles. The summed E-state index contributed by atoms with van der Waals surface area (Å²) in [6.07, 6.45) is 6.76. The summed E-state index contributed by atoms with van der Waals surface area (Å²) in [5.41, 5.74) is 2.15. The van der Waals surface area contributed by atoms with Crippen molar-refractivity contribution in [3.63, 3.8) is 0 Å². The molecule has 2 aromatic heterocycles. The third-order valence-corrected chi connectivity index (χ3v) is 2.40. The highest BCUT2D eigenvalue weighted by Gasteiger charge is 1.98. The lowest BCUT2D eigenvalue weighted by atomic mass is 10.3. The van der Waals surface area contributed by atoms with Crippen molar-refractivity contribution in [2.75, 3.05) is 0 Å². The SMILES string of the molecule is CCCn1cc(CNCc2cccnn2)cn1. The summed E-state index contributed by atoms with van der Waals surface area (Å²) in [6.45, 7) is 4.66. The van der Waals surface area contributed by atoms with Crippen LogP contribution in [-0.2, 0) is 19.6 Å². The van der Waals surface area contributed by atoms with Crippen LogP contribution >= 0.6 is 0 Å². The molecular formula is C12H17N5. The smallest absolute Gasteiger partial charge is 0.0769 e. The molecule has 90 valence electrons. The summed E-state index contributed by atoms with van der Waals surface area (Å²) in [5.74, 6) is 0. The lowest BCUT2D eigenvalue weighted by Crippen LogP contribution is -2.13. The minimum absolute atomic E-state index is 0.729. The van der Waals surface area contributed by atoms with E-state index in [1.54, 1.807) is 6.20 Å². The lowest BCUT2D eigenvalue weighted by molar-refractivity contribution is 0.601. The molecule has 5 heteroatoms. The standard InChI is InChI=1S/C12H17N5/c1-2-6-17-10-11(8-15-17)7-13-9-12-4-3-5-14-16-12/h3-5,8,10,13H,2,6-7,9H2,1H3. The average Bonchev–Trinajstić information content (AvgIpc) is 2.79. The minimum atomic E-state index is 0.729. The first-order valence-electron chi connectivity index (χ1n) is 5.87. The first kappa shape index (κ1) is 11.7. The molecule has 0 amide bonds. The van der Waals surface area contributed by atoms with Gasteiger partial charge >= 0.3 is 0 Å². The Balaban J connectivity index is 1.78. The summed E-state index contributed by atoms with van der Waals surface area (Å²) >= 11 is 0. The van der Waals surface area contributed by atoms with Crippen LogP contribution in [-0.4, -0.2) is 20.0 Å². The Morgan fingerprint density at radius 3 is 3.06 bits per heavy atom. The lowest BCUT2D eigenvalue weighted by Gasteiger charge is -2.01. The van der Waals surface area contributed by atoms with Gasteiger partial charge < -0.3 is 5.32 Å². The third kappa shape index (κ3) is 3.64. The zero-order valence-electron chi connectivity index (χ0n) is 10.0. The van der Waals surface area contributed by atoms with Crippen molar-refractivity contribution in [2.45, 2.75) is 33.0 Å². The Morgan fingerprint density at radius 1 is 1.35 bits per heavy atom. The van der Waals surface area contributed by atoms with Gasteiger partial charge in [-0.2, -0.15) is 15.3 Å². The van der Waals surface area contributed by atoms with Crippen molar-refractivity contribution in [1.29, 1.82) is 0 Å². The van der Waals surface area contributed by atoms with E-state index in [1.165, 1.54) is 5.56 Å². The molecule has 2 rings (SSSR count). The van der Waals surface area contributed by atoms with Gasteiger partial charge in [-0.3, -0.25) is 4.68 Å². The van der Waals surface area contributed by atoms with Crippen LogP contribution in [0.25, 0.3) is 0 Å². The van der Waals surface area contributed by atoms with Crippen molar-refractivity contribution in [2.24, 2.45) is 0 Å². The maximum absolute atomic E-state index is 4.28. The zero-order valence-corrected chi connectivity index (χ0v) is 10.0. The van der Waals surface area contributed by atoms with Gasteiger partial charge in [0.25, 0.3) is 0 Å². The Morgan fingerprint density at radius 2 is 2.29 bits per heavy atom. The molecule has 0 bridgehead atoms. The number of hydrogen-bond acceptors (Lipinski definition) is 4. The van der Waals surface area contributed by atoms with Crippen LogP contribution in [0, 0.1) is 0 Å². The number of aromatic nitrogens is 4. The van der Waals surface area contributed by atoms with Crippen molar-refractivity contribution in [1.82, 2.24) is 25.3 Å². The van der Waals surface area contributed by atoms with Crippen LogP contribution in [0.2, 0.25) is 0 Å². The fourth-order valence-electron chi connectivity index (χ4n) is 1.61. The monoisotopic (exact) mass is 231 g/mol. The molecule has 0 unspecified atom stereocenters. The van der Waals surface area contributed by atoms with E-state index in [-0.39, 0.29) is 0 Å². The van der Waals surface area contributed by atoms with E-state index < -0.39 is 0 Å². The first-order valence-corrected chi connectivity index (χ1v) is 5.87. The van der Waals surface area contributed by atoms with E-state index in [0.29, 0.717) is 0 Å². The fraction of sp³-hybridized carbons (Fsp3) is 0.417. The molecule has 17 heavy (non-hydrogen) atoms. The molecule has 0 atom stereocenters. The van der Waals surface area contributed by atoms with Crippen molar-refractivity contribution < 1.29 is 0 Å². The molecule has 2 aromatic rings. The van der Waals surface area contributed by atoms with E-state index in [0.717, 1.165) is 31.7 Å². The highest BCUT2D eigenvalue weighted by Crippen LogP contribution is 1.99. The number of nitrogens with zero attached hydrogens (tertiary/aromatic N) is 4. The molecular weight excluding hydrogens is 214 g/mol. The molecule has 0 aliphatic heterocycles. The van der Waals surface area contributed by atoms with Crippen LogP contribution in [0.3, 0.4) is 0 Å². The van der Waals surface area contributed by atoms with Crippen LogP contribution in [0.15, 0.2) is 30.7 Å². The van der Waals surface area contributed by atoms with Gasteiger partial charge in [0.05, 0.1) is 11.9 Å². The van der Waals surface area contributed by atoms with Crippen LogP contribution < -0.4 is 5.32 Å². The fourth-order valence-corrected chi connectivity index (χ4v) is 1.61. The highest BCUT2D eigenvalue weighted by molar-refractivity contribution is 5.04. The van der Waals surface area contributed by atoms with Gasteiger partial charge in [0.15, 0.2) is 0 Å². The second kappa shape index (κ2) is 6.10. The maximum atomic E-state index is 4.28. The Labute approximate surface area is 101 Å². The molecule has 1 N–H and O–H groups in total. The molecule has 0 aliphatic rings. The molecule has 0 saturated heterocycles. The van der Waals surface area contributed by atoms with Gasteiger partial charge in [0.2, 0.25) is 0 Å². The van der Waals surface area contributed by atoms with Gasteiger partial charge in [-0.05, 0) is 18.6 Å². The molecule has 0 fully saturated rings. The van der Waals surface area contributed by atoms with E-state index in [2.05, 4.69) is 33.7 Å². The molecule has 0 saturated carbocycles. The van der Waals surface area contributed by atoms with Gasteiger partial charge in [-0.25, -0.2) is 0 Å². The predicted molar refractivity (Wildman–Crippen MR) is 65.1 cm³/mol. The van der Waals surface area contributed by atoms with Crippen molar-refractivity contribution in [3.05, 3.63) is 42.0 Å². The quantitative estimate of drug-likeness (QED) is 0.816. The largest absolute Gasteiger partial charge is 0.307 e. The molecule has 2 heterocycles. The predicted octanol–water partition coefficient (Wildman–Crippen LogP) is 1.37. The van der Waals surface area contributed by atoms with Gasteiger partial charge in [0, 0.05) is 37.6 Å². The van der Waals surface area contributed by atoms with Crippen LogP contribution in [0.1, 0.15) is 24.6 Å². The normalized spacial score (nSPS) is 10.6. The molecule has 0 radical (unpaired) electrons. The van der Waals surface area contributed by atoms with Gasteiger partial charge in [-0.1, -0.05) is 6.92 Å². The summed E-state index contributed by atoms with van der Waals surface area (Å²) in [6, 6.07) is 3.85. The number of aryl methyl sites for hydroxylation is 1. The highest BCUT2D eigenvalue weighted by atomic mass is 15.3. The molecule has 0 aliphatic carbocycles. The van der Waals surface area contributed by atoms with E-state index in [4.69, 9.17) is 0 Å². The first-order chi connectivity index (χ1) is 8.38. The van der Waals surface area contributed by atoms with Gasteiger partial charge in [0.1, 0.15) is 0 Å². The second-order valence-corrected chi connectivity index (χ2v) is 3.93. The number of hydrogen-bond donors (Lipinski definition) is 1. The Bertz CT molecular complexity index is 437. The summed E-state index contributed by atoms with van der Waals surface area (Å²) in [4.78, 5) is 0.